The Hall–Kier alpha value is -3.81. The first-order valence-corrected chi connectivity index (χ1v) is 14.6. The number of amides is 1. The fourth-order valence-electron chi connectivity index (χ4n) is 5.49. The van der Waals surface area contributed by atoms with Crippen molar-refractivity contribution in [2.45, 2.75) is 58.0 Å². The molecule has 0 aliphatic carbocycles. The summed E-state index contributed by atoms with van der Waals surface area (Å²) in [5.41, 5.74) is 7.40. The molecule has 4 unspecified atom stereocenters. The van der Waals surface area contributed by atoms with Gasteiger partial charge in [-0.15, -0.1) is 0 Å². The van der Waals surface area contributed by atoms with Gasteiger partial charge in [-0.2, -0.15) is 0 Å². The molecule has 0 spiro atoms. The number of nitrogens with one attached hydrogen (secondary N) is 1. The van der Waals surface area contributed by atoms with E-state index >= 15 is 0 Å². The summed E-state index contributed by atoms with van der Waals surface area (Å²) < 4.78 is 13.2. The van der Waals surface area contributed by atoms with Crippen molar-refractivity contribution in [3.63, 3.8) is 0 Å². The Bertz CT molecular complexity index is 1440. The van der Waals surface area contributed by atoms with Crippen molar-refractivity contribution >= 4 is 5.91 Å². The second kappa shape index (κ2) is 13.9. The van der Waals surface area contributed by atoms with Crippen molar-refractivity contribution in [3.05, 3.63) is 131 Å². The maximum atomic E-state index is 11.5. The summed E-state index contributed by atoms with van der Waals surface area (Å²) in [5, 5.41) is 12.4. The highest BCUT2D eigenvalue weighted by Crippen LogP contribution is 2.39. The molecule has 42 heavy (non-hydrogen) atoms. The zero-order valence-electron chi connectivity index (χ0n) is 24.6. The van der Waals surface area contributed by atoms with Crippen LogP contribution in [0.4, 0.5) is 0 Å². The summed E-state index contributed by atoms with van der Waals surface area (Å²) in [6, 6.07) is 35.2. The summed E-state index contributed by atoms with van der Waals surface area (Å²) >= 11 is 0. The third kappa shape index (κ3) is 7.33. The number of carbonyl (C=O) groups excluding carboxylic acids is 1. The molecule has 1 saturated heterocycles. The van der Waals surface area contributed by atoms with E-state index in [0.29, 0.717) is 6.54 Å². The van der Waals surface area contributed by atoms with E-state index in [0.717, 1.165) is 46.3 Å². The maximum Gasteiger partial charge on any atom is 0.217 e. The van der Waals surface area contributed by atoms with Gasteiger partial charge in [-0.1, -0.05) is 103 Å². The van der Waals surface area contributed by atoms with E-state index in [1.54, 1.807) is 0 Å². The molecule has 1 aliphatic rings. The molecule has 1 heterocycles. The Morgan fingerprint density at radius 3 is 2.26 bits per heavy atom. The number of benzene rings is 4. The molecule has 4 aromatic carbocycles. The van der Waals surface area contributed by atoms with Gasteiger partial charge >= 0.3 is 0 Å². The molecule has 1 aliphatic heterocycles. The van der Waals surface area contributed by atoms with Gasteiger partial charge in [-0.05, 0) is 47.4 Å². The van der Waals surface area contributed by atoms with Crippen molar-refractivity contribution in [1.29, 1.82) is 0 Å². The van der Waals surface area contributed by atoms with Crippen molar-refractivity contribution in [3.8, 4) is 11.1 Å². The lowest BCUT2D eigenvalue weighted by molar-refractivity contribution is -0.253. The van der Waals surface area contributed by atoms with Gasteiger partial charge in [0.25, 0.3) is 0 Å². The minimum absolute atomic E-state index is 0.0165. The first-order chi connectivity index (χ1) is 20.4. The largest absolute Gasteiger partial charge is 0.392 e. The average molecular weight is 565 g/mol. The number of carbonyl (C=O) groups is 1. The van der Waals surface area contributed by atoms with E-state index in [-0.39, 0.29) is 30.8 Å². The molecule has 1 fully saturated rings. The Kier molecular flexibility index (Phi) is 9.82. The van der Waals surface area contributed by atoms with Crippen LogP contribution in [0.2, 0.25) is 0 Å². The lowest BCUT2D eigenvalue weighted by Crippen LogP contribution is -2.38. The van der Waals surface area contributed by atoms with E-state index in [9.17, 15) is 9.90 Å². The summed E-state index contributed by atoms with van der Waals surface area (Å²) in [6.07, 6.45) is 0.0333. The van der Waals surface area contributed by atoms with E-state index in [1.165, 1.54) is 12.5 Å². The average Bonchev–Trinajstić information content (AvgIpc) is 3.04. The molecule has 218 valence electrons. The highest BCUT2D eigenvalue weighted by atomic mass is 16.7. The van der Waals surface area contributed by atoms with Crippen LogP contribution < -0.4 is 5.32 Å². The van der Waals surface area contributed by atoms with Gasteiger partial charge < -0.3 is 19.9 Å². The summed E-state index contributed by atoms with van der Waals surface area (Å²) in [5.74, 6) is -0.0503. The van der Waals surface area contributed by atoms with Gasteiger partial charge in [0.15, 0.2) is 6.29 Å². The van der Waals surface area contributed by atoms with Crippen LogP contribution in [-0.4, -0.2) is 35.6 Å². The summed E-state index contributed by atoms with van der Waals surface area (Å²) in [4.78, 5) is 13.8. The van der Waals surface area contributed by atoms with Crippen molar-refractivity contribution in [1.82, 2.24) is 10.2 Å². The first kappa shape index (κ1) is 29.7. The molecule has 0 saturated carbocycles. The second-order valence-corrected chi connectivity index (χ2v) is 11.1. The Morgan fingerprint density at radius 2 is 1.57 bits per heavy atom. The van der Waals surface area contributed by atoms with Crippen LogP contribution >= 0.6 is 0 Å². The van der Waals surface area contributed by atoms with Crippen LogP contribution in [0.3, 0.4) is 0 Å². The van der Waals surface area contributed by atoms with Crippen molar-refractivity contribution < 1.29 is 19.4 Å². The smallest absolute Gasteiger partial charge is 0.217 e. The molecule has 0 radical (unpaired) electrons. The lowest BCUT2D eigenvalue weighted by atomic mass is 9.97. The molecular formula is C36H40N2O4. The monoisotopic (exact) mass is 564 g/mol. The molecule has 2 N–H and O–H groups in total. The fourth-order valence-corrected chi connectivity index (χ4v) is 5.49. The predicted molar refractivity (Wildman–Crippen MR) is 165 cm³/mol. The standard InChI is InChI=1S/C36H40N2O4/c1-25(28-9-5-4-6-10-28)38(3)23-33-21-35(30-15-13-27(24-39)14-16-30)42-36(41-33)31-19-17-29(18-20-31)34-12-8-7-11-32(34)22-37-26(2)40/h4-20,25,33,35-36,39H,21-24H2,1-3H3,(H,37,40). The van der Waals surface area contributed by atoms with Crippen molar-refractivity contribution in [2.24, 2.45) is 0 Å². The van der Waals surface area contributed by atoms with Crippen LogP contribution in [-0.2, 0) is 27.4 Å². The van der Waals surface area contributed by atoms with E-state index in [1.807, 2.05) is 48.5 Å². The van der Waals surface area contributed by atoms with Crippen LogP contribution in [0.25, 0.3) is 11.1 Å². The number of hydrogen-bond donors (Lipinski definition) is 2. The van der Waals surface area contributed by atoms with Gasteiger partial charge in [0, 0.05) is 38.0 Å². The zero-order valence-corrected chi connectivity index (χ0v) is 24.6. The maximum absolute atomic E-state index is 11.5. The van der Waals surface area contributed by atoms with E-state index < -0.39 is 6.29 Å². The minimum atomic E-state index is -0.518. The Morgan fingerprint density at radius 1 is 0.905 bits per heavy atom. The molecule has 6 heteroatoms. The Balaban J connectivity index is 1.37. The highest BCUT2D eigenvalue weighted by molar-refractivity contribution is 5.74. The van der Waals surface area contributed by atoms with Gasteiger partial charge in [-0.25, -0.2) is 0 Å². The number of likely N-dealkylation sites (N-methyl/N-ethyl adjacent to an activating group) is 1. The number of nitrogens with zero attached hydrogens (tertiary/aromatic N) is 1. The molecule has 0 aromatic heterocycles. The molecular weight excluding hydrogens is 524 g/mol. The topological polar surface area (TPSA) is 71.0 Å². The summed E-state index contributed by atoms with van der Waals surface area (Å²) in [6.45, 7) is 5.01. The minimum Gasteiger partial charge on any atom is -0.392 e. The van der Waals surface area contributed by atoms with Gasteiger partial charge in [0.05, 0.1) is 18.8 Å². The summed E-state index contributed by atoms with van der Waals surface area (Å²) in [7, 11) is 2.14. The fraction of sp³-hybridized carbons (Fsp3) is 0.306. The molecule has 0 bridgehead atoms. The van der Waals surface area contributed by atoms with Crippen LogP contribution in [0.15, 0.2) is 103 Å². The Labute approximate surface area is 248 Å². The van der Waals surface area contributed by atoms with E-state index in [2.05, 4.69) is 78.8 Å². The van der Waals surface area contributed by atoms with Crippen LogP contribution in [0, 0.1) is 0 Å². The van der Waals surface area contributed by atoms with Gasteiger partial charge in [0.1, 0.15) is 0 Å². The third-order valence-electron chi connectivity index (χ3n) is 8.09. The van der Waals surface area contributed by atoms with Crippen LogP contribution in [0.5, 0.6) is 0 Å². The quantitative estimate of drug-likeness (QED) is 0.224. The number of aliphatic hydroxyl groups is 1. The molecule has 4 atom stereocenters. The molecule has 5 rings (SSSR count). The lowest BCUT2D eigenvalue weighted by Gasteiger charge is -2.39. The number of rotatable bonds is 10. The zero-order chi connectivity index (χ0) is 29.5. The number of aliphatic hydroxyl groups excluding tert-OH is 1. The van der Waals surface area contributed by atoms with Gasteiger partial charge in [-0.3, -0.25) is 9.69 Å². The molecule has 4 aromatic rings. The molecule has 1 amide bonds. The molecule has 6 nitrogen and oxygen atoms in total. The van der Waals surface area contributed by atoms with Crippen LogP contribution in [0.1, 0.15) is 66.5 Å². The van der Waals surface area contributed by atoms with Crippen molar-refractivity contribution in [2.75, 3.05) is 13.6 Å². The SMILES string of the molecule is CC(=O)NCc1ccccc1-c1ccc(C2OC(CN(C)C(C)c3ccccc3)CC(c3ccc(CO)cc3)O2)cc1. The predicted octanol–water partition coefficient (Wildman–Crippen LogP) is 6.72. The number of ether oxygens (including phenoxy) is 2. The third-order valence-corrected chi connectivity index (χ3v) is 8.09. The number of hydrogen-bond acceptors (Lipinski definition) is 5. The van der Waals surface area contributed by atoms with Gasteiger partial charge in [0.2, 0.25) is 5.91 Å². The first-order valence-electron chi connectivity index (χ1n) is 14.6. The highest BCUT2D eigenvalue weighted by Gasteiger charge is 2.33. The normalized spacial score (nSPS) is 19.4. The van der Waals surface area contributed by atoms with E-state index in [4.69, 9.17) is 9.47 Å². The second-order valence-electron chi connectivity index (χ2n) is 11.1.